The minimum Gasteiger partial charge on any atom is -0.478 e. The number of hydrogen-bond donors (Lipinski definition) is 1. The van der Waals surface area contributed by atoms with E-state index in [1.165, 1.54) is 18.3 Å². The standard InChI is InChI=1S/C13H7BrN2O3/c14-9-3-4-11(10(6-9)13(17)18)19-12-8(7-15)2-1-5-16-12/h1-6H,(H,17,18). The third-order valence-electron chi connectivity index (χ3n) is 2.27. The lowest BCUT2D eigenvalue weighted by Gasteiger charge is -2.09. The van der Waals surface area contributed by atoms with Gasteiger partial charge >= 0.3 is 5.97 Å². The predicted molar refractivity (Wildman–Crippen MR) is 70.1 cm³/mol. The van der Waals surface area contributed by atoms with Crippen molar-refractivity contribution in [3.8, 4) is 17.7 Å². The number of rotatable bonds is 3. The first-order valence-electron chi connectivity index (χ1n) is 5.17. The minimum atomic E-state index is -1.12. The van der Waals surface area contributed by atoms with Crippen molar-refractivity contribution in [1.82, 2.24) is 4.98 Å². The Hall–Kier alpha value is -2.39. The number of pyridine rings is 1. The van der Waals surface area contributed by atoms with Gasteiger partial charge < -0.3 is 9.84 Å². The molecule has 2 rings (SSSR count). The highest BCUT2D eigenvalue weighted by Crippen LogP contribution is 2.28. The minimum absolute atomic E-state index is 0.0103. The van der Waals surface area contributed by atoms with Crippen molar-refractivity contribution >= 4 is 21.9 Å². The van der Waals surface area contributed by atoms with Crippen molar-refractivity contribution in [2.75, 3.05) is 0 Å². The van der Waals surface area contributed by atoms with Crippen LogP contribution in [0.2, 0.25) is 0 Å². The second-order valence-electron chi connectivity index (χ2n) is 3.52. The number of ether oxygens (including phenoxy) is 1. The third-order valence-corrected chi connectivity index (χ3v) is 2.76. The predicted octanol–water partition coefficient (Wildman–Crippen LogP) is 3.21. The van der Waals surface area contributed by atoms with Crippen LogP contribution in [0.15, 0.2) is 41.0 Å². The molecule has 1 N–H and O–H groups in total. The second kappa shape index (κ2) is 5.50. The van der Waals surface area contributed by atoms with Crippen LogP contribution in [0.1, 0.15) is 15.9 Å². The van der Waals surface area contributed by atoms with Gasteiger partial charge in [-0.15, -0.1) is 0 Å². The summed E-state index contributed by atoms with van der Waals surface area (Å²) < 4.78 is 6.04. The summed E-state index contributed by atoms with van der Waals surface area (Å²) in [5.74, 6) is -0.911. The van der Waals surface area contributed by atoms with Crippen molar-refractivity contribution in [3.05, 3.63) is 52.1 Å². The van der Waals surface area contributed by atoms with Crippen LogP contribution in [0.25, 0.3) is 0 Å². The molecule has 0 saturated carbocycles. The zero-order chi connectivity index (χ0) is 13.8. The van der Waals surface area contributed by atoms with Crippen molar-refractivity contribution in [1.29, 1.82) is 5.26 Å². The van der Waals surface area contributed by atoms with Gasteiger partial charge in [-0.2, -0.15) is 5.26 Å². The molecule has 0 atom stereocenters. The van der Waals surface area contributed by atoms with Gasteiger partial charge in [-0.1, -0.05) is 15.9 Å². The molecule has 0 aliphatic heterocycles. The fourth-order valence-corrected chi connectivity index (χ4v) is 1.78. The maximum atomic E-state index is 11.1. The van der Waals surface area contributed by atoms with Gasteiger partial charge in [0.2, 0.25) is 5.88 Å². The molecule has 19 heavy (non-hydrogen) atoms. The summed E-state index contributed by atoms with van der Waals surface area (Å²) in [5, 5.41) is 18.0. The van der Waals surface area contributed by atoms with E-state index in [0.29, 0.717) is 4.47 Å². The number of nitriles is 1. The monoisotopic (exact) mass is 318 g/mol. The fourth-order valence-electron chi connectivity index (χ4n) is 1.42. The van der Waals surface area contributed by atoms with Gasteiger partial charge in [0.15, 0.2) is 0 Å². The average molecular weight is 319 g/mol. The highest BCUT2D eigenvalue weighted by atomic mass is 79.9. The van der Waals surface area contributed by atoms with E-state index in [9.17, 15) is 4.79 Å². The van der Waals surface area contributed by atoms with E-state index in [2.05, 4.69) is 20.9 Å². The molecule has 1 heterocycles. The number of hydrogen-bond acceptors (Lipinski definition) is 4. The maximum Gasteiger partial charge on any atom is 0.339 e. The Morgan fingerprint density at radius 3 is 2.89 bits per heavy atom. The van der Waals surface area contributed by atoms with Gasteiger partial charge in [-0.05, 0) is 30.3 Å². The SMILES string of the molecule is N#Cc1cccnc1Oc1ccc(Br)cc1C(=O)O. The molecule has 0 spiro atoms. The molecule has 1 aromatic heterocycles. The Kier molecular flexibility index (Phi) is 3.78. The molecule has 0 unspecified atom stereocenters. The van der Waals surface area contributed by atoms with Crippen LogP contribution in [0.4, 0.5) is 0 Å². The van der Waals surface area contributed by atoms with Crippen LogP contribution in [-0.2, 0) is 0 Å². The van der Waals surface area contributed by atoms with Gasteiger partial charge in [0.05, 0.1) is 0 Å². The highest BCUT2D eigenvalue weighted by Gasteiger charge is 2.14. The summed E-state index contributed by atoms with van der Waals surface area (Å²) in [6.07, 6.45) is 1.47. The summed E-state index contributed by atoms with van der Waals surface area (Å²) in [5.41, 5.74) is 0.227. The first kappa shape index (κ1) is 13.1. The van der Waals surface area contributed by atoms with Crippen LogP contribution < -0.4 is 4.74 Å². The number of benzene rings is 1. The zero-order valence-corrected chi connectivity index (χ0v) is 11.1. The number of halogens is 1. The van der Waals surface area contributed by atoms with Gasteiger partial charge in [-0.25, -0.2) is 9.78 Å². The molecule has 0 aliphatic carbocycles. The van der Waals surface area contributed by atoms with Crippen molar-refractivity contribution in [2.24, 2.45) is 0 Å². The molecular weight excluding hydrogens is 312 g/mol. The summed E-state index contributed by atoms with van der Waals surface area (Å²) in [6.45, 7) is 0. The first-order chi connectivity index (χ1) is 9.11. The van der Waals surface area contributed by atoms with Crippen molar-refractivity contribution < 1.29 is 14.6 Å². The lowest BCUT2D eigenvalue weighted by atomic mass is 10.2. The van der Waals surface area contributed by atoms with Crippen LogP contribution in [0.3, 0.4) is 0 Å². The molecule has 0 radical (unpaired) electrons. The topological polar surface area (TPSA) is 83.2 Å². The lowest BCUT2D eigenvalue weighted by molar-refractivity contribution is 0.0694. The Labute approximate surface area is 117 Å². The molecule has 1 aromatic carbocycles. The zero-order valence-electron chi connectivity index (χ0n) is 9.50. The van der Waals surface area contributed by atoms with Crippen LogP contribution >= 0.6 is 15.9 Å². The Balaban J connectivity index is 2.44. The number of carboxylic acids is 1. The second-order valence-corrected chi connectivity index (χ2v) is 4.43. The molecule has 6 heteroatoms. The summed E-state index contributed by atoms with van der Waals surface area (Å²) in [6, 6.07) is 9.65. The number of nitrogens with zero attached hydrogens (tertiary/aromatic N) is 2. The molecule has 0 amide bonds. The van der Waals surface area contributed by atoms with E-state index in [-0.39, 0.29) is 22.8 Å². The third kappa shape index (κ3) is 2.89. The normalized spacial score (nSPS) is 9.68. The molecule has 2 aromatic rings. The molecule has 0 aliphatic rings. The van der Waals surface area contributed by atoms with Gasteiger partial charge in [-0.3, -0.25) is 0 Å². The number of carbonyl (C=O) groups is 1. The fraction of sp³-hybridized carbons (Fsp3) is 0. The van der Waals surface area contributed by atoms with E-state index >= 15 is 0 Å². The largest absolute Gasteiger partial charge is 0.478 e. The van der Waals surface area contributed by atoms with Crippen LogP contribution in [-0.4, -0.2) is 16.1 Å². The smallest absolute Gasteiger partial charge is 0.339 e. The van der Waals surface area contributed by atoms with Crippen molar-refractivity contribution in [2.45, 2.75) is 0 Å². The number of carboxylic acid groups (broad SMARTS) is 1. The molecule has 94 valence electrons. The van der Waals surface area contributed by atoms with Crippen LogP contribution in [0, 0.1) is 11.3 Å². The van der Waals surface area contributed by atoms with Gasteiger partial charge in [0.25, 0.3) is 0 Å². The molecule has 0 saturated heterocycles. The average Bonchev–Trinajstić information content (AvgIpc) is 2.41. The maximum absolute atomic E-state index is 11.1. The first-order valence-corrected chi connectivity index (χ1v) is 5.97. The Morgan fingerprint density at radius 2 is 2.21 bits per heavy atom. The van der Waals surface area contributed by atoms with Crippen LogP contribution in [0.5, 0.6) is 11.6 Å². The summed E-state index contributed by atoms with van der Waals surface area (Å²) in [4.78, 5) is 15.1. The lowest BCUT2D eigenvalue weighted by Crippen LogP contribution is -2.01. The highest BCUT2D eigenvalue weighted by molar-refractivity contribution is 9.10. The number of aromatic carboxylic acids is 1. The molecule has 0 bridgehead atoms. The van der Waals surface area contributed by atoms with E-state index < -0.39 is 5.97 Å². The van der Waals surface area contributed by atoms with E-state index in [0.717, 1.165) is 0 Å². The van der Waals surface area contributed by atoms with E-state index in [1.807, 2.05) is 6.07 Å². The summed E-state index contributed by atoms with van der Waals surface area (Å²) >= 11 is 3.19. The van der Waals surface area contributed by atoms with Gasteiger partial charge in [0.1, 0.15) is 22.9 Å². The Morgan fingerprint density at radius 1 is 1.42 bits per heavy atom. The molecule has 0 fully saturated rings. The van der Waals surface area contributed by atoms with Gasteiger partial charge in [0, 0.05) is 10.7 Å². The van der Waals surface area contributed by atoms with E-state index in [4.69, 9.17) is 15.1 Å². The molecule has 5 nitrogen and oxygen atoms in total. The molecular formula is C13H7BrN2O3. The Bertz CT molecular complexity index is 680. The summed E-state index contributed by atoms with van der Waals surface area (Å²) in [7, 11) is 0. The quantitative estimate of drug-likeness (QED) is 0.939. The van der Waals surface area contributed by atoms with E-state index in [1.54, 1.807) is 18.2 Å². The van der Waals surface area contributed by atoms with Crippen molar-refractivity contribution in [3.63, 3.8) is 0 Å². The number of aromatic nitrogens is 1.